The molecule has 70 valence electrons. The molecular formula is C9H7BrF2O. The molecule has 0 atom stereocenters. The van der Waals surface area contributed by atoms with E-state index < -0.39 is 17.2 Å². The zero-order valence-electron chi connectivity index (χ0n) is 6.65. The maximum atomic E-state index is 13.4. The molecule has 0 saturated heterocycles. The number of benzene rings is 1. The highest BCUT2D eigenvalue weighted by Gasteiger charge is 2.46. The van der Waals surface area contributed by atoms with Gasteiger partial charge in [0.15, 0.2) is 0 Å². The molecule has 1 nitrogen and oxygen atoms in total. The fourth-order valence-corrected chi connectivity index (χ4v) is 1.65. The molecule has 1 aliphatic carbocycles. The van der Waals surface area contributed by atoms with Gasteiger partial charge in [0.25, 0.3) is 0 Å². The van der Waals surface area contributed by atoms with Gasteiger partial charge in [0.1, 0.15) is 11.6 Å². The van der Waals surface area contributed by atoms with Crippen molar-refractivity contribution in [1.82, 2.24) is 0 Å². The Kier molecular flexibility index (Phi) is 1.92. The Morgan fingerprint density at radius 1 is 1.31 bits per heavy atom. The predicted octanol–water partition coefficient (Wildman–Crippen LogP) is 2.71. The molecule has 0 spiro atoms. The molecule has 0 aliphatic heterocycles. The third kappa shape index (κ3) is 1.38. The van der Waals surface area contributed by atoms with Gasteiger partial charge in [-0.1, -0.05) is 0 Å². The van der Waals surface area contributed by atoms with Crippen LogP contribution in [0.15, 0.2) is 16.6 Å². The van der Waals surface area contributed by atoms with Crippen molar-refractivity contribution < 1.29 is 13.9 Å². The second kappa shape index (κ2) is 2.75. The Hall–Kier alpha value is -0.480. The molecule has 1 aliphatic rings. The summed E-state index contributed by atoms with van der Waals surface area (Å²) in [5.74, 6) is -1.37. The van der Waals surface area contributed by atoms with E-state index in [0.29, 0.717) is 12.8 Å². The summed E-state index contributed by atoms with van der Waals surface area (Å²) in [5, 5.41) is 9.59. The molecule has 1 aromatic carbocycles. The second-order valence-corrected chi connectivity index (χ2v) is 4.10. The van der Waals surface area contributed by atoms with E-state index in [2.05, 4.69) is 15.9 Å². The number of rotatable bonds is 1. The largest absolute Gasteiger partial charge is 0.385 e. The van der Waals surface area contributed by atoms with Crippen LogP contribution in [0.4, 0.5) is 8.78 Å². The van der Waals surface area contributed by atoms with E-state index in [-0.39, 0.29) is 10.0 Å². The lowest BCUT2D eigenvalue weighted by atomic mass is 10.1. The number of hydrogen-bond donors (Lipinski definition) is 1. The summed E-state index contributed by atoms with van der Waals surface area (Å²) in [6.07, 6.45) is 0.856. The van der Waals surface area contributed by atoms with Crippen LogP contribution in [0.1, 0.15) is 18.4 Å². The molecule has 1 N–H and O–H groups in total. The van der Waals surface area contributed by atoms with Crippen molar-refractivity contribution >= 4 is 15.9 Å². The average molecular weight is 249 g/mol. The highest BCUT2D eigenvalue weighted by Crippen LogP contribution is 2.48. The summed E-state index contributed by atoms with van der Waals surface area (Å²) < 4.78 is 26.7. The van der Waals surface area contributed by atoms with E-state index in [0.717, 1.165) is 6.07 Å². The second-order valence-electron chi connectivity index (χ2n) is 3.25. The molecule has 0 amide bonds. The van der Waals surface area contributed by atoms with Crippen LogP contribution in [0.25, 0.3) is 0 Å². The first-order valence-electron chi connectivity index (χ1n) is 3.91. The van der Waals surface area contributed by atoms with Crippen molar-refractivity contribution in [3.05, 3.63) is 33.8 Å². The molecule has 1 aromatic rings. The number of aliphatic hydroxyl groups is 1. The van der Waals surface area contributed by atoms with Gasteiger partial charge in [-0.25, -0.2) is 8.78 Å². The highest BCUT2D eigenvalue weighted by atomic mass is 79.9. The summed E-state index contributed by atoms with van der Waals surface area (Å²) in [5.41, 5.74) is -1.47. The van der Waals surface area contributed by atoms with Crippen molar-refractivity contribution in [3.8, 4) is 0 Å². The lowest BCUT2D eigenvalue weighted by Gasteiger charge is -2.11. The SMILES string of the molecule is OC1(c2c(F)ccc(Br)c2F)CC1. The average Bonchev–Trinajstić information content (AvgIpc) is 2.78. The highest BCUT2D eigenvalue weighted by molar-refractivity contribution is 9.10. The number of halogens is 3. The van der Waals surface area contributed by atoms with Crippen LogP contribution >= 0.6 is 15.9 Å². The van der Waals surface area contributed by atoms with Crippen molar-refractivity contribution in [2.75, 3.05) is 0 Å². The molecule has 0 radical (unpaired) electrons. The molecule has 0 heterocycles. The Balaban J connectivity index is 2.61. The standard InChI is InChI=1S/C9H7BrF2O/c10-5-1-2-6(11)7(8(5)12)9(13)3-4-9/h1-2,13H,3-4H2. The molecule has 0 unspecified atom stereocenters. The van der Waals surface area contributed by atoms with Crippen molar-refractivity contribution in [3.63, 3.8) is 0 Å². The van der Waals surface area contributed by atoms with Gasteiger partial charge in [-0.3, -0.25) is 0 Å². The smallest absolute Gasteiger partial charge is 0.146 e. The minimum atomic E-state index is -1.27. The summed E-state index contributed by atoms with van der Waals surface area (Å²) >= 11 is 2.95. The van der Waals surface area contributed by atoms with Crippen LogP contribution in [0, 0.1) is 11.6 Å². The monoisotopic (exact) mass is 248 g/mol. The normalized spacial score (nSPS) is 18.8. The minimum Gasteiger partial charge on any atom is -0.385 e. The third-order valence-corrected chi connectivity index (χ3v) is 2.85. The van der Waals surface area contributed by atoms with Gasteiger partial charge < -0.3 is 5.11 Å². The van der Waals surface area contributed by atoms with Crippen LogP contribution in [0.3, 0.4) is 0 Å². The predicted molar refractivity (Wildman–Crippen MR) is 47.2 cm³/mol. The van der Waals surface area contributed by atoms with Gasteiger partial charge in [0.05, 0.1) is 15.6 Å². The molecule has 13 heavy (non-hydrogen) atoms. The van der Waals surface area contributed by atoms with Crippen LogP contribution in [-0.4, -0.2) is 5.11 Å². The Bertz CT molecular complexity index is 361. The molecule has 1 saturated carbocycles. The lowest BCUT2D eigenvalue weighted by molar-refractivity contribution is 0.141. The first-order chi connectivity index (χ1) is 6.04. The maximum absolute atomic E-state index is 13.4. The first-order valence-corrected chi connectivity index (χ1v) is 4.70. The van der Waals surface area contributed by atoms with E-state index in [1.54, 1.807) is 0 Å². The first kappa shape index (κ1) is 9.09. The van der Waals surface area contributed by atoms with E-state index in [1.807, 2.05) is 0 Å². The topological polar surface area (TPSA) is 20.2 Å². The van der Waals surface area contributed by atoms with Crippen molar-refractivity contribution in [2.24, 2.45) is 0 Å². The van der Waals surface area contributed by atoms with E-state index >= 15 is 0 Å². The fraction of sp³-hybridized carbons (Fsp3) is 0.333. The van der Waals surface area contributed by atoms with Gasteiger partial charge >= 0.3 is 0 Å². The summed E-state index contributed by atoms with van der Waals surface area (Å²) in [7, 11) is 0. The third-order valence-electron chi connectivity index (χ3n) is 2.23. The van der Waals surface area contributed by atoms with Crippen molar-refractivity contribution in [1.29, 1.82) is 0 Å². The van der Waals surface area contributed by atoms with Crippen LogP contribution < -0.4 is 0 Å². The molecule has 2 rings (SSSR count). The molecule has 0 aromatic heterocycles. The molecule has 0 bridgehead atoms. The summed E-state index contributed by atoms with van der Waals surface area (Å²) in [6, 6.07) is 2.44. The summed E-state index contributed by atoms with van der Waals surface area (Å²) in [4.78, 5) is 0. The Morgan fingerprint density at radius 2 is 1.92 bits per heavy atom. The fourth-order valence-electron chi connectivity index (χ4n) is 1.32. The Morgan fingerprint density at radius 3 is 2.46 bits per heavy atom. The van der Waals surface area contributed by atoms with Gasteiger partial charge in [-0.2, -0.15) is 0 Å². The summed E-state index contributed by atoms with van der Waals surface area (Å²) in [6.45, 7) is 0. The van der Waals surface area contributed by atoms with Gasteiger partial charge in [-0.05, 0) is 40.9 Å². The zero-order chi connectivity index (χ0) is 9.64. The molecular weight excluding hydrogens is 242 g/mol. The van der Waals surface area contributed by atoms with E-state index in [4.69, 9.17) is 0 Å². The van der Waals surface area contributed by atoms with Gasteiger partial charge in [0, 0.05) is 0 Å². The van der Waals surface area contributed by atoms with Crippen molar-refractivity contribution in [2.45, 2.75) is 18.4 Å². The van der Waals surface area contributed by atoms with Gasteiger partial charge in [0.2, 0.25) is 0 Å². The minimum absolute atomic E-state index is 0.184. The lowest BCUT2D eigenvalue weighted by Crippen LogP contribution is -2.10. The molecule has 1 fully saturated rings. The molecule has 4 heteroatoms. The van der Waals surface area contributed by atoms with Crippen LogP contribution in [0.2, 0.25) is 0 Å². The Labute approximate surface area is 82.5 Å². The quantitative estimate of drug-likeness (QED) is 0.758. The van der Waals surface area contributed by atoms with Gasteiger partial charge in [-0.15, -0.1) is 0 Å². The van der Waals surface area contributed by atoms with Crippen LogP contribution in [-0.2, 0) is 5.60 Å². The maximum Gasteiger partial charge on any atom is 0.146 e. The van der Waals surface area contributed by atoms with E-state index in [9.17, 15) is 13.9 Å². The van der Waals surface area contributed by atoms with E-state index in [1.165, 1.54) is 6.07 Å². The van der Waals surface area contributed by atoms with Crippen LogP contribution in [0.5, 0.6) is 0 Å². The zero-order valence-corrected chi connectivity index (χ0v) is 8.24. The number of hydrogen-bond acceptors (Lipinski definition) is 1.